The molecular formula is C91H132N20O18. The number of Topliss-reactive ketones (excluding diaryl/α,β-unsaturated/α-hetero) is 1. The number of esters is 1. The molecule has 5 fully saturated rings. The molecule has 1 aliphatic carbocycles. The quantitative estimate of drug-likeness (QED) is 0.00426. The Kier molecular flexibility index (Phi) is 36.5. The first-order valence-corrected chi connectivity index (χ1v) is 45.2. The number of nitrogens with two attached hydrogens (primary N) is 3. The third kappa shape index (κ3) is 26.7. The molecule has 13 N–H and O–H groups in total. The van der Waals surface area contributed by atoms with Gasteiger partial charge < -0.3 is 106 Å². The maximum absolute atomic E-state index is 14.7. The average molecular weight is 1790 g/mol. The van der Waals surface area contributed by atoms with E-state index in [1.165, 1.54) is 13.4 Å². The number of methoxy groups -OCH3 is 2. The van der Waals surface area contributed by atoms with Crippen LogP contribution in [0.2, 0.25) is 0 Å². The summed E-state index contributed by atoms with van der Waals surface area (Å²) >= 11 is 0. The van der Waals surface area contributed by atoms with Crippen molar-refractivity contribution in [3.05, 3.63) is 109 Å². The van der Waals surface area contributed by atoms with Crippen LogP contribution in [-0.2, 0) is 65.6 Å². The van der Waals surface area contributed by atoms with Gasteiger partial charge in [0.1, 0.15) is 47.7 Å². The zero-order valence-electron chi connectivity index (χ0n) is 75.8. The van der Waals surface area contributed by atoms with Crippen molar-refractivity contribution >= 4 is 87.0 Å². The van der Waals surface area contributed by atoms with Gasteiger partial charge in [0.2, 0.25) is 23.6 Å². The maximum Gasteiger partial charge on any atom is 0.329 e. The Morgan fingerprint density at radius 2 is 1.52 bits per heavy atom. The van der Waals surface area contributed by atoms with Crippen molar-refractivity contribution in [2.24, 2.45) is 40.5 Å². The number of benzene rings is 1. The van der Waals surface area contributed by atoms with Crippen LogP contribution in [0.25, 0.3) is 33.4 Å². The number of anilines is 4. The van der Waals surface area contributed by atoms with E-state index in [2.05, 4.69) is 67.1 Å². The van der Waals surface area contributed by atoms with E-state index in [1.54, 1.807) is 81.6 Å². The fraction of sp³-hybridized carbons (Fsp3) is 0.615. The molecule has 9 heterocycles. The Hall–Kier alpha value is -10.4. The molecule has 704 valence electrons. The predicted octanol–water partition coefficient (Wildman–Crippen LogP) is 5.55. The molecule has 0 bridgehead atoms. The van der Waals surface area contributed by atoms with Gasteiger partial charge in [-0.2, -0.15) is 10.1 Å². The number of piperazine rings is 2. The Balaban J connectivity index is 0.581. The molecule has 1 aromatic carbocycles. The van der Waals surface area contributed by atoms with Crippen LogP contribution in [0, 0.1) is 29.6 Å². The van der Waals surface area contributed by atoms with Crippen LogP contribution in [0.3, 0.4) is 0 Å². The molecule has 38 nitrogen and oxygen atoms in total. The number of aliphatic hydroxyl groups is 5. The number of fused-ring (bicyclic) bond motifs is 2. The van der Waals surface area contributed by atoms with E-state index < -0.39 is 115 Å². The van der Waals surface area contributed by atoms with E-state index in [4.69, 9.17) is 55.2 Å². The number of hydrogen-bond acceptors (Lipinski definition) is 33. The molecule has 4 amide bonds. The highest BCUT2D eigenvalue weighted by molar-refractivity contribution is 6.39. The number of ether oxygens (including phenoxy) is 5. The van der Waals surface area contributed by atoms with Gasteiger partial charge in [-0.05, 0) is 132 Å². The lowest BCUT2D eigenvalue weighted by Crippen LogP contribution is -2.61. The molecule has 38 heteroatoms. The number of aliphatic hydroxyl groups excluding tert-OH is 4. The highest BCUT2D eigenvalue weighted by atomic mass is 16.6. The van der Waals surface area contributed by atoms with Crippen LogP contribution in [-0.4, -0.2) is 299 Å². The first-order valence-electron chi connectivity index (χ1n) is 45.2. The summed E-state index contributed by atoms with van der Waals surface area (Å²) in [5.74, 6) is -6.92. The monoisotopic (exact) mass is 1790 g/mol. The molecular weight excluding hydrogens is 1660 g/mol. The largest absolute Gasteiger partial charge is 0.459 e. The van der Waals surface area contributed by atoms with E-state index in [9.17, 15) is 54.3 Å². The van der Waals surface area contributed by atoms with Crippen molar-refractivity contribution in [1.82, 2.24) is 70.0 Å². The molecule has 0 unspecified atom stereocenters. The van der Waals surface area contributed by atoms with Crippen LogP contribution in [0.15, 0.2) is 107 Å². The number of piperidine rings is 1. The number of aryl methyl sites for hydroxylation is 1. The normalized spacial score (nSPS) is 22.5. The minimum Gasteiger partial charge on any atom is -0.459 e. The highest BCUT2D eigenvalue weighted by Crippen LogP contribution is 2.39. The van der Waals surface area contributed by atoms with Crippen LogP contribution >= 0.6 is 0 Å². The van der Waals surface area contributed by atoms with E-state index >= 15 is 0 Å². The third-order valence-electron chi connectivity index (χ3n) is 25.2. The van der Waals surface area contributed by atoms with Gasteiger partial charge in [0.15, 0.2) is 17.8 Å². The molecule has 4 saturated heterocycles. The minimum absolute atomic E-state index is 0.000880. The van der Waals surface area contributed by atoms with Crippen LogP contribution in [0.4, 0.5) is 23.7 Å². The number of oxime groups is 1. The smallest absolute Gasteiger partial charge is 0.329 e. The molecule has 5 aromatic heterocycles. The lowest BCUT2D eigenvalue weighted by atomic mass is 9.80. The van der Waals surface area contributed by atoms with Gasteiger partial charge in [0, 0.05) is 172 Å². The Morgan fingerprint density at radius 3 is 2.22 bits per heavy atom. The number of oxazole rings is 1. The standard InChI is InChI=1S/C91H132N20O18/c1-11-12-13-18-56(4)72(123-9)46-65-23-20-60(8)91(122,129-65)82(118)86(120)110-28-16-14-19-68(110)87(121)127-73(66(92)43-61-21-24-69(112)74(44-61)124-10)47-70(113)57(5)42-59(7)80(116)81(117)78(58(6)41-55(2)3)105-126-53-75(114)96-48-62-49-97-89(98-50-62)109-36-34-107(35-37-109)76(115)26-39-125-40-38-106-30-32-108(33-31-106)90-99-51-64(52-100-90)85(119)95-27-15-17-29-111-84-77(83(93)101-54-102-84)79(104-111)63-22-25-71-67(45-63)103-88(94)128-71/h11-13,18,22,25,42,45,49-52,54-55,57-58,60-61,65-66,68-70,72-74,80-81,112-113,116-117,122H,1,14-17,19-21,23-24,26-41,43-44,46-48,53,92H2,2-10H3,(H2,94,103)(H,95,119)(H,96,114)(H2,93,101,102)/b13-12+,56-18+,59-42+,105-78+/t57-,58-,60-,61+,65+,66-,68+,69-,70-,72+,73+,74-,80-,81+,91-/m1/s1. The summed E-state index contributed by atoms with van der Waals surface area (Å²) in [4.78, 5) is 129. The summed E-state index contributed by atoms with van der Waals surface area (Å²) in [6.07, 6.45) is 14.8. The second-order valence-electron chi connectivity index (χ2n) is 35.1. The Labute approximate surface area is 752 Å². The topological polar surface area (TPSA) is 511 Å². The van der Waals surface area contributed by atoms with Crippen molar-refractivity contribution in [1.29, 1.82) is 0 Å². The molecule has 129 heavy (non-hydrogen) atoms. The Morgan fingerprint density at radius 1 is 0.798 bits per heavy atom. The number of nitrogens with one attached hydrogen (secondary N) is 2. The van der Waals surface area contributed by atoms with Crippen molar-refractivity contribution in [2.75, 3.05) is 127 Å². The summed E-state index contributed by atoms with van der Waals surface area (Å²) in [7, 11) is 3.09. The molecule has 5 aliphatic rings. The zero-order valence-corrected chi connectivity index (χ0v) is 75.8. The number of ketones is 1. The summed E-state index contributed by atoms with van der Waals surface area (Å²) in [5.41, 5.74) is 24.4. The number of amides is 4. The van der Waals surface area contributed by atoms with Gasteiger partial charge in [0.25, 0.3) is 29.5 Å². The molecule has 4 aliphatic heterocycles. The van der Waals surface area contributed by atoms with E-state index in [1.807, 2.05) is 61.8 Å². The van der Waals surface area contributed by atoms with Gasteiger partial charge in [-0.1, -0.05) is 76.7 Å². The van der Waals surface area contributed by atoms with Gasteiger partial charge in [-0.25, -0.2) is 39.4 Å². The molecule has 0 radical (unpaired) electrons. The maximum atomic E-state index is 14.7. The highest BCUT2D eigenvalue weighted by Gasteiger charge is 2.53. The summed E-state index contributed by atoms with van der Waals surface area (Å²) in [6, 6.07) is 3.44. The second-order valence-corrected chi connectivity index (χ2v) is 35.1. The number of nitrogens with zero attached hydrogens (tertiary/aromatic N) is 15. The number of hydrogen-bond donors (Lipinski definition) is 10. The first kappa shape index (κ1) is 99.2. The number of rotatable bonds is 44. The minimum atomic E-state index is -2.50. The molecule has 6 aromatic rings. The number of unbranched alkanes of at least 4 members (excludes halogenated alkanes) is 1. The molecule has 11 rings (SSSR count). The lowest BCUT2D eigenvalue weighted by Gasteiger charge is -2.42. The van der Waals surface area contributed by atoms with Crippen molar-refractivity contribution in [3.63, 3.8) is 0 Å². The van der Waals surface area contributed by atoms with E-state index in [-0.39, 0.29) is 73.3 Å². The van der Waals surface area contributed by atoms with Crippen molar-refractivity contribution < 1.29 is 87.2 Å². The molecule has 15 atom stereocenters. The van der Waals surface area contributed by atoms with Crippen molar-refractivity contribution in [2.45, 2.75) is 225 Å². The summed E-state index contributed by atoms with van der Waals surface area (Å²) in [6.45, 7) is 23.3. The number of allylic oxidation sites excluding steroid dienone is 4. The lowest BCUT2D eigenvalue weighted by molar-refractivity contribution is -0.265. The molecule has 0 spiro atoms. The number of aromatic nitrogens is 9. The fourth-order valence-electron chi connectivity index (χ4n) is 17.5. The SMILES string of the molecule is C=C/C=C/C=C(\C)[C@H](C[C@@H]1CC[C@@H](C)[C@](O)(C(=O)C(=O)N2CCCC[C@H]2C(=O)O[C@@H](C[C@@H](O)[C@H](C)/C=C(\C)[C@@H](O)[C@@H](O)/C(=N/OCC(=O)NCc2cnc(N3CCN(C(=O)CCOCCN4CCN(c5ncc(C(=O)NCCCCn6nc(-c7ccc8oc(N)nc8c7)c7c(N)ncnc76)cn5)CC4)CC3)nc2)[C@H](C)CC(C)C)[C@H](N)C[C@@H]2CC[C@@H](O)[C@H](OC)C2)O1)OC. The zero-order chi connectivity index (χ0) is 92.6. The summed E-state index contributed by atoms with van der Waals surface area (Å²) in [5, 5.41) is 74.0. The van der Waals surface area contributed by atoms with Gasteiger partial charge in [-0.15, -0.1) is 0 Å². The summed E-state index contributed by atoms with van der Waals surface area (Å²) < 4.78 is 37.0. The number of carbonyl (C=O) groups excluding carboxylic acids is 6. The number of nitrogen functional groups attached to an aromatic ring is 2. The average Bonchev–Trinajstić information content (AvgIpc) is 1.73. The fourth-order valence-corrected chi connectivity index (χ4v) is 17.5. The second kappa shape index (κ2) is 47.4. The van der Waals surface area contributed by atoms with E-state index in [0.717, 1.165) is 29.1 Å². The van der Waals surface area contributed by atoms with Crippen LogP contribution in [0.5, 0.6) is 0 Å². The number of likely N-dealkylation sites (tertiary alicyclic amines) is 1. The number of carbonyl (C=O) groups is 6. The molecule has 1 saturated carbocycles. The van der Waals surface area contributed by atoms with Crippen molar-refractivity contribution in [3.8, 4) is 11.3 Å². The first-order chi connectivity index (χ1) is 61.9. The Bertz CT molecular complexity index is 4840. The van der Waals surface area contributed by atoms with Gasteiger partial charge in [0.05, 0.1) is 66.8 Å². The third-order valence-corrected chi connectivity index (χ3v) is 25.2. The van der Waals surface area contributed by atoms with E-state index in [0.29, 0.717) is 206 Å². The van der Waals surface area contributed by atoms with Crippen LogP contribution in [0.1, 0.15) is 161 Å². The van der Waals surface area contributed by atoms with Crippen LogP contribution < -0.4 is 37.6 Å². The van der Waals surface area contributed by atoms with Gasteiger partial charge >= 0.3 is 5.97 Å². The predicted molar refractivity (Wildman–Crippen MR) is 483 cm³/mol. The van der Waals surface area contributed by atoms with Gasteiger partial charge in [-0.3, -0.25) is 28.9 Å².